The summed E-state index contributed by atoms with van der Waals surface area (Å²) in [7, 11) is 0. The Morgan fingerprint density at radius 1 is 1.12 bits per heavy atom. The van der Waals surface area contributed by atoms with Gasteiger partial charge in [-0.05, 0) is 38.2 Å². The maximum Gasteiger partial charge on any atom is 0.135 e. The normalized spacial score (nSPS) is 26.7. The van der Waals surface area contributed by atoms with E-state index in [4.69, 9.17) is 5.73 Å². The van der Waals surface area contributed by atoms with E-state index in [9.17, 15) is 0 Å². The van der Waals surface area contributed by atoms with Crippen LogP contribution in [0.5, 0.6) is 0 Å². The van der Waals surface area contributed by atoms with Gasteiger partial charge in [0.25, 0.3) is 0 Å². The lowest BCUT2D eigenvalue weighted by atomic mass is 9.94. The number of fused-ring (bicyclic) bond motifs is 2. The van der Waals surface area contributed by atoms with E-state index in [0.717, 1.165) is 24.6 Å². The molecule has 0 aliphatic carbocycles. The molecule has 4 atom stereocenters. The summed E-state index contributed by atoms with van der Waals surface area (Å²) in [4.78, 5) is 2.72. The zero-order valence-electron chi connectivity index (χ0n) is 16.2. The zero-order chi connectivity index (χ0) is 18.3. The van der Waals surface area contributed by atoms with Crippen LogP contribution in [0.25, 0.3) is 0 Å². The summed E-state index contributed by atoms with van der Waals surface area (Å²) in [6, 6.07) is 12.4. The van der Waals surface area contributed by atoms with Gasteiger partial charge in [0.15, 0.2) is 0 Å². The molecule has 5 nitrogen and oxygen atoms in total. The van der Waals surface area contributed by atoms with Gasteiger partial charge in [-0.2, -0.15) is 0 Å². The summed E-state index contributed by atoms with van der Waals surface area (Å²) >= 11 is 0. The Morgan fingerprint density at radius 3 is 2.62 bits per heavy atom. The highest BCUT2D eigenvalue weighted by atomic mass is 15.3. The molecule has 1 aromatic carbocycles. The van der Waals surface area contributed by atoms with Crippen LogP contribution >= 0.6 is 0 Å². The third-order valence-corrected chi connectivity index (χ3v) is 6.32. The predicted octanol–water partition coefficient (Wildman–Crippen LogP) is 3.58. The molecule has 2 aliphatic rings. The quantitative estimate of drug-likeness (QED) is 0.862. The topological polar surface area (TPSA) is 60.0 Å². The van der Waals surface area contributed by atoms with Crippen molar-refractivity contribution in [1.29, 1.82) is 0 Å². The maximum atomic E-state index is 6.45. The molecule has 2 saturated heterocycles. The van der Waals surface area contributed by atoms with Crippen LogP contribution in [-0.4, -0.2) is 38.3 Å². The van der Waals surface area contributed by atoms with Gasteiger partial charge in [-0.15, -0.1) is 10.2 Å². The van der Waals surface area contributed by atoms with Crippen LogP contribution in [0.1, 0.15) is 74.7 Å². The minimum Gasteiger partial charge on any atom is -0.324 e. The molecule has 0 saturated carbocycles. The van der Waals surface area contributed by atoms with E-state index in [-0.39, 0.29) is 6.04 Å². The van der Waals surface area contributed by atoms with E-state index in [1.165, 1.54) is 24.8 Å². The second-order valence-electron chi connectivity index (χ2n) is 8.28. The SMILES string of the molecule is Cc1nnc(C(C)C)n1C1CC2CCC1N2CC[C@H](N)c1ccccc1. The lowest BCUT2D eigenvalue weighted by Crippen LogP contribution is -2.34. The van der Waals surface area contributed by atoms with Crippen LogP contribution in [-0.2, 0) is 0 Å². The molecule has 2 N–H and O–H groups in total. The van der Waals surface area contributed by atoms with E-state index in [2.05, 4.69) is 70.8 Å². The van der Waals surface area contributed by atoms with Gasteiger partial charge in [0, 0.05) is 30.6 Å². The highest BCUT2D eigenvalue weighted by Gasteiger charge is 2.47. The highest BCUT2D eigenvalue weighted by molar-refractivity contribution is 5.18. The number of aromatic nitrogens is 3. The van der Waals surface area contributed by atoms with E-state index >= 15 is 0 Å². The molecule has 3 heterocycles. The number of hydrogen-bond donors (Lipinski definition) is 1. The monoisotopic (exact) mass is 353 g/mol. The fourth-order valence-corrected chi connectivity index (χ4v) is 5.04. The first kappa shape index (κ1) is 17.7. The number of nitrogens with zero attached hydrogens (tertiary/aromatic N) is 4. The molecule has 0 radical (unpaired) electrons. The molecule has 26 heavy (non-hydrogen) atoms. The Hall–Kier alpha value is -1.72. The van der Waals surface area contributed by atoms with Crippen molar-refractivity contribution in [2.45, 2.75) is 76.5 Å². The van der Waals surface area contributed by atoms with Crippen molar-refractivity contribution >= 4 is 0 Å². The maximum absolute atomic E-state index is 6.45. The van der Waals surface area contributed by atoms with Crippen LogP contribution in [0.2, 0.25) is 0 Å². The average molecular weight is 354 g/mol. The molecule has 140 valence electrons. The van der Waals surface area contributed by atoms with Crippen molar-refractivity contribution in [1.82, 2.24) is 19.7 Å². The van der Waals surface area contributed by atoms with Crippen molar-refractivity contribution in [3.05, 3.63) is 47.5 Å². The first-order valence-electron chi connectivity index (χ1n) is 10.0. The summed E-state index contributed by atoms with van der Waals surface area (Å²) in [5.74, 6) is 2.61. The van der Waals surface area contributed by atoms with E-state index in [0.29, 0.717) is 24.0 Å². The Balaban J connectivity index is 1.47. The number of aryl methyl sites for hydroxylation is 1. The Kier molecular flexibility index (Phi) is 4.84. The van der Waals surface area contributed by atoms with Crippen LogP contribution in [0.15, 0.2) is 30.3 Å². The zero-order valence-corrected chi connectivity index (χ0v) is 16.2. The number of hydrogen-bond acceptors (Lipinski definition) is 4. The second kappa shape index (κ2) is 7.12. The van der Waals surface area contributed by atoms with E-state index < -0.39 is 0 Å². The molecule has 2 fully saturated rings. The first-order valence-corrected chi connectivity index (χ1v) is 10.0. The Morgan fingerprint density at radius 2 is 1.88 bits per heavy atom. The van der Waals surface area contributed by atoms with Gasteiger partial charge >= 0.3 is 0 Å². The smallest absolute Gasteiger partial charge is 0.135 e. The van der Waals surface area contributed by atoms with Gasteiger partial charge < -0.3 is 10.3 Å². The average Bonchev–Trinajstić information content (AvgIpc) is 3.32. The minimum absolute atomic E-state index is 0.123. The number of rotatable bonds is 6. The highest BCUT2D eigenvalue weighted by Crippen LogP contribution is 2.45. The van der Waals surface area contributed by atoms with E-state index in [1.807, 2.05) is 0 Å². The van der Waals surface area contributed by atoms with Crippen LogP contribution in [0.4, 0.5) is 0 Å². The first-order chi connectivity index (χ1) is 12.6. The summed E-state index contributed by atoms with van der Waals surface area (Å²) in [5.41, 5.74) is 7.69. The molecule has 3 unspecified atom stereocenters. The third kappa shape index (κ3) is 3.08. The van der Waals surface area contributed by atoms with Gasteiger partial charge in [0.05, 0.1) is 6.04 Å². The second-order valence-corrected chi connectivity index (χ2v) is 8.28. The van der Waals surface area contributed by atoms with Gasteiger partial charge in [-0.1, -0.05) is 44.2 Å². The molecule has 2 aromatic rings. The predicted molar refractivity (Wildman–Crippen MR) is 104 cm³/mol. The third-order valence-electron chi connectivity index (χ3n) is 6.32. The van der Waals surface area contributed by atoms with Crippen molar-refractivity contribution in [3.63, 3.8) is 0 Å². The molecule has 5 heteroatoms. The van der Waals surface area contributed by atoms with E-state index in [1.54, 1.807) is 0 Å². The van der Waals surface area contributed by atoms with Crippen LogP contribution in [0.3, 0.4) is 0 Å². The molecule has 2 aliphatic heterocycles. The summed E-state index contributed by atoms with van der Waals surface area (Å²) in [5, 5.41) is 8.84. The standard InChI is InChI=1S/C21H31N5/c1-14(2)21-24-23-15(3)26(21)20-13-17-9-10-19(20)25(17)12-11-18(22)16-7-5-4-6-8-16/h4-8,14,17-20H,9-13,22H2,1-3H3/t17?,18-,19?,20?/m0/s1. The van der Waals surface area contributed by atoms with Crippen LogP contribution < -0.4 is 5.73 Å². The molecule has 0 amide bonds. The van der Waals surface area contributed by atoms with Crippen molar-refractivity contribution in [2.75, 3.05) is 6.54 Å². The molecular weight excluding hydrogens is 322 g/mol. The fourth-order valence-electron chi connectivity index (χ4n) is 5.04. The molecule has 4 rings (SSSR count). The fraction of sp³-hybridized carbons (Fsp3) is 0.619. The lowest BCUT2D eigenvalue weighted by Gasteiger charge is -2.28. The summed E-state index contributed by atoms with van der Waals surface area (Å²) < 4.78 is 2.43. The largest absolute Gasteiger partial charge is 0.324 e. The molecule has 2 bridgehead atoms. The van der Waals surface area contributed by atoms with Gasteiger partial charge in [-0.25, -0.2) is 0 Å². The van der Waals surface area contributed by atoms with Gasteiger partial charge in [-0.3, -0.25) is 4.90 Å². The van der Waals surface area contributed by atoms with Crippen molar-refractivity contribution in [2.24, 2.45) is 5.73 Å². The Bertz CT molecular complexity index is 738. The van der Waals surface area contributed by atoms with Gasteiger partial charge in [0.1, 0.15) is 11.6 Å². The summed E-state index contributed by atoms with van der Waals surface area (Å²) in [6.07, 6.45) is 4.84. The number of nitrogens with two attached hydrogens (primary N) is 1. The summed E-state index contributed by atoms with van der Waals surface area (Å²) in [6.45, 7) is 7.61. The molecule has 0 spiro atoms. The Labute approximate surface area is 156 Å². The molecule has 1 aromatic heterocycles. The minimum atomic E-state index is 0.123. The van der Waals surface area contributed by atoms with Crippen LogP contribution in [0, 0.1) is 6.92 Å². The van der Waals surface area contributed by atoms with Crippen molar-refractivity contribution < 1.29 is 0 Å². The number of benzene rings is 1. The van der Waals surface area contributed by atoms with Gasteiger partial charge in [0.2, 0.25) is 0 Å². The lowest BCUT2D eigenvalue weighted by molar-refractivity contribution is 0.226. The molecular formula is C21H31N5. The van der Waals surface area contributed by atoms with Crippen molar-refractivity contribution in [3.8, 4) is 0 Å².